The molecule has 0 atom stereocenters. The van der Waals surface area contributed by atoms with E-state index in [0.29, 0.717) is 33.3 Å². The highest BCUT2D eigenvalue weighted by Gasteiger charge is 2.31. The van der Waals surface area contributed by atoms with Crippen LogP contribution in [-0.4, -0.2) is 26.9 Å². The van der Waals surface area contributed by atoms with Crippen molar-refractivity contribution in [3.8, 4) is 16.9 Å². The average Bonchev–Trinajstić information content (AvgIpc) is 3.06. The van der Waals surface area contributed by atoms with Crippen LogP contribution in [0.1, 0.15) is 11.1 Å². The van der Waals surface area contributed by atoms with Crippen molar-refractivity contribution in [1.29, 1.82) is 0 Å². The molecule has 0 saturated heterocycles. The third-order valence-electron chi connectivity index (χ3n) is 4.38. The molecule has 3 aromatic rings. The molecule has 9 heteroatoms. The zero-order chi connectivity index (χ0) is 21.2. The second-order valence-electron chi connectivity index (χ2n) is 6.27. The number of alkyl halides is 3. The van der Waals surface area contributed by atoms with Crippen LogP contribution in [0, 0.1) is 0 Å². The minimum Gasteiger partial charge on any atom is -0.406 e. The average molecular weight is 405 g/mol. The molecular formula is C20H18F3N3O3. The summed E-state index contributed by atoms with van der Waals surface area (Å²) in [7, 11) is 1.77. The number of carbonyl (C=O) groups is 1. The van der Waals surface area contributed by atoms with Crippen LogP contribution >= 0.6 is 0 Å². The summed E-state index contributed by atoms with van der Waals surface area (Å²) in [5.41, 5.74) is 3.78. The van der Waals surface area contributed by atoms with Crippen molar-refractivity contribution < 1.29 is 27.8 Å². The molecule has 0 aliphatic rings. The molecule has 2 N–H and O–H groups in total. The minimum atomic E-state index is -4.77. The number of aryl methyl sites for hydroxylation is 1. The summed E-state index contributed by atoms with van der Waals surface area (Å²) in [5.74, 6) is -0.696. The maximum absolute atomic E-state index is 12.4. The van der Waals surface area contributed by atoms with E-state index in [9.17, 15) is 23.1 Å². The third-order valence-corrected chi connectivity index (χ3v) is 4.38. The summed E-state index contributed by atoms with van der Waals surface area (Å²) in [6, 6.07) is 7.18. The summed E-state index contributed by atoms with van der Waals surface area (Å²) in [5, 5.41) is 12.6. The number of hydrogen-bond donors (Lipinski definition) is 2. The van der Waals surface area contributed by atoms with Gasteiger partial charge in [-0.1, -0.05) is 18.7 Å². The highest BCUT2D eigenvalue weighted by molar-refractivity contribution is 5.95. The van der Waals surface area contributed by atoms with E-state index in [0.717, 1.165) is 6.08 Å². The Morgan fingerprint density at radius 3 is 2.62 bits per heavy atom. The number of fused-ring (bicyclic) bond motifs is 1. The second-order valence-corrected chi connectivity index (χ2v) is 6.27. The van der Waals surface area contributed by atoms with E-state index in [-0.39, 0.29) is 24.8 Å². The fourth-order valence-corrected chi connectivity index (χ4v) is 3.11. The van der Waals surface area contributed by atoms with Crippen molar-refractivity contribution in [2.45, 2.75) is 19.5 Å². The number of imidazole rings is 1. The quantitative estimate of drug-likeness (QED) is 0.616. The van der Waals surface area contributed by atoms with E-state index in [1.165, 1.54) is 24.3 Å². The van der Waals surface area contributed by atoms with Crippen LogP contribution in [0.5, 0.6) is 5.75 Å². The lowest BCUT2D eigenvalue weighted by atomic mass is 9.96. The Bertz CT molecular complexity index is 1060. The van der Waals surface area contributed by atoms with Crippen LogP contribution in [0.2, 0.25) is 0 Å². The number of amides is 1. The zero-order valence-electron chi connectivity index (χ0n) is 15.5. The van der Waals surface area contributed by atoms with Gasteiger partial charge in [0.15, 0.2) is 0 Å². The number of aliphatic hydroxyl groups excluding tert-OH is 1. The Kier molecular flexibility index (Phi) is 5.60. The molecule has 0 aliphatic heterocycles. The fourth-order valence-electron chi connectivity index (χ4n) is 3.11. The third kappa shape index (κ3) is 4.40. The summed E-state index contributed by atoms with van der Waals surface area (Å²) in [4.78, 5) is 15.9. The highest BCUT2D eigenvalue weighted by atomic mass is 19.4. The largest absolute Gasteiger partial charge is 0.573 e. The number of aromatic nitrogens is 2. The van der Waals surface area contributed by atoms with Crippen LogP contribution < -0.4 is 10.1 Å². The number of benzene rings is 2. The van der Waals surface area contributed by atoms with Gasteiger partial charge in [0.05, 0.1) is 24.0 Å². The van der Waals surface area contributed by atoms with Gasteiger partial charge in [-0.2, -0.15) is 0 Å². The molecule has 0 fully saturated rings. The molecule has 0 aliphatic carbocycles. The van der Waals surface area contributed by atoms with Crippen molar-refractivity contribution in [2.75, 3.05) is 0 Å². The molecule has 29 heavy (non-hydrogen) atoms. The number of aliphatic hydroxyl groups is 1. The van der Waals surface area contributed by atoms with E-state index in [1.54, 1.807) is 24.0 Å². The highest BCUT2D eigenvalue weighted by Crippen LogP contribution is 2.34. The number of nitrogens with zero attached hydrogens (tertiary/aromatic N) is 2. The number of halogens is 3. The molecule has 0 saturated carbocycles. The normalized spacial score (nSPS) is 11.5. The van der Waals surface area contributed by atoms with E-state index in [1.807, 2.05) is 0 Å². The Labute approximate surface area is 164 Å². The molecule has 1 heterocycles. The van der Waals surface area contributed by atoms with Crippen molar-refractivity contribution in [2.24, 2.45) is 7.05 Å². The molecule has 0 unspecified atom stereocenters. The number of rotatable bonds is 6. The predicted octanol–water partition coefficient (Wildman–Crippen LogP) is 3.43. The van der Waals surface area contributed by atoms with Gasteiger partial charge < -0.3 is 19.7 Å². The van der Waals surface area contributed by atoms with Gasteiger partial charge in [-0.05, 0) is 35.4 Å². The first-order chi connectivity index (χ1) is 13.7. The molecule has 0 bridgehead atoms. The number of carbonyl (C=O) groups excluding carboxylic acids is 1. The Morgan fingerprint density at radius 2 is 2.03 bits per heavy atom. The first-order valence-electron chi connectivity index (χ1n) is 8.56. The molecule has 6 nitrogen and oxygen atoms in total. The molecule has 0 radical (unpaired) electrons. The molecule has 2 aromatic carbocycles. The van der Waals surface area contributed by atoms with E-state index >= 15 is 0 Å². The maximum Gasteiger partial charge on any atom is 0.573 e. The van der Waals surface area contributed by atoms with Gasteiger partial charge in [-0.3, -0.25) is 4.79 Å². The summed E-state index contributed by atoms with van der Waals surface area (Å²) < 4.78 is 42.8. The number of hydrogen-bond acceptors (Lipinski definition) is 4. The summed E-state index contributed by atoms with van der Waals surface area (Å²) in [6.45, 7) is 3.28. The van der Waals surface area contributed by atoms with Gasteiger partial charge in [0.1, 0.15) is 5.75 Å². The minimum absolute atomic E-state index is 0.143. The summed E-state index contributed by atoms with van der Waals surface area (Å²) in [6.07, 6.45) is -2.04. The van der Waals surface area contributed by atoms with Crippen LogP contribution in [-0.2, 0) is 25.0 Å². The van der Waals surface area contributed by atoms with Crippen molar-refractivity contribution >= 4 is 16.9 Å². The van der Waals surface area contributed by atoms with E-state index in [2.05, 4.69) is 21.6 Å². The Balaban J connectivity index is 2.09. The number of nitrogens with one attached hydrogen (secondary N) is 1. The lowest BCUT2D eigenvalue weighted by Crippen LogP contribution is -2.21. The maximum atomic E-state index is 12.4. The van der Waals surface area contributed by atoms with Crippen molar-refractivity contribution in [3.05, 3.63) is 60.4 Å². The molecule has 1 aromatic heterocycles. The first kappa shape index (κ1) is 20.4. The van der Waals surface area contributed by atoms with Crippen LogP contribution in [0.15, 0.2) is 49.3 Å². The van der Waals surface area contributed by atoms with Crippen LogP contribution in [0.25, 0.3) is 22.2 Å². The van der Waals surface area contributed by atoms with Crippen LogP contribution in [0.4, 0.5) is 13.2 Å². The van der Waals surface area contributed by atoms with Gasteiger partial charge >= 0.3 is 6.36 Å². The topological polar surface area (TPSA) is 76.4 Å². The monoisotopic (exact) mass is 405 g/mol. The van der Waals surface area contributed by atoms with Gasteiger partial charge in [-0.15, -0.1) is 13.2 Å². The molecule has 3 rings (SSSR count). The van der Waals surface area contributed by atoms with Gasteiger partial charge in [0.25, 0.3) is 0 Å². The number of ether oxygens (including phenoxy) is 1. The van der Waals surface area contributed by atoms with Crippen LogP contribution in [0.3, 0.4) is 0 Å². The lowest BCUT2D eigenvalue weighted by molar-refractivity contribution is -0.274. The zero-order valence-corrected chi connectivity index (χ0v) is 15.5. The Morgan fingerprint density at radius 1 is 1.34 bits per heavy atom. The fraction of sp³-hybridized carbons (Fsp3) is 0.200. The molecule has 0 spiro atoms. The van der Waals surface area contributed by atoms with Gasteiger partial charge in [0.2, 0.25) is 5.91 Å². The first-order valence-corrected chi connectivity index (χ1v) is 8.56. The SMILES string of the molecule is C=CC(=O)NCc1cc(-c2ccc(OC(F)(F)F)cc2)c2ncn(C)c2c1CO. The Hall–Kier alpha value is -3.33. The van der Waals surface area contributed by atoms with E-state index < -0.39 is 6.36 Å². The predicted molar refractivity (Wildman–Crippen MR) is 101 cm³/mol. The molecule has 152 valence electrons. The van der Waals surface area contributed by atoms with Crippen molar-refractivity contribution in [1.82, 2.24) is 14.9 Å². The van der Waals surface area contributed by atoms with Crippen molar-refractivity contribution in [3.63, 3.8) is 0 Å². The lowest BCUT2D eigenvalue weighted by Gasteiger charge is -2.15. The smallest absolute Gasteiger partial charge is 0.406 e. The second kappa shape index (κ2) is 7.96. The van der Waals surface area contributed by atoms with Gasteiger partial charge in [-0.25, -0.2) is 4.98 Å². The van der Waals surface area contributed by atoms with E-state index in [4.69, 9.17) is 0 Å². The van der Waals surface area contributed by atoms with Gasteiger partial charge in [0, 0.05) is 24.7 Å². The summed E-state index contributed by atoms with van der Waals surface area (Å²) >= 11 is 0. The standard InChI is InChI=1S/C20H18F3N3O3/c1-3-17(28)24-9-13-8-15(18-19(16(13)10-27)26(2)11-25-18)12-4-6-14(7-5-12)29-20(21,22)23/h3-8,11,27H,1,9-10H2,2H3,(H,24,28). The molecule has 1 amide bonds. The molecular weight excluding hydrogens is 387 g/mol.